The van der Waals surface area contributed by atoms with Gasteiger partial charge < -0.3 is 10.2 Å². The molecule has 0 unspecified atom stereocenters. The maximum Gasteiger partial charge on any atom is 0.165 e. The van der Waals surface area contributed by atoms with Crippen LogP contribution in [0.5, 0.6) is 0 Å². The average Bonchev–Trinajstić information content (AvgIpc) is 3.08. The molecule has 0 radical (unpaired) electrons. The smallest absolute Gasteiger partial charge is 0.165 e. The van der Waals surface area contributed by atoms with Crippen LogP contribution >= 0.6 is 0 Å². The topological polar surface area (TPSA) is 62.5 Å². The Kier molecular flexibility index (Phi) is 4.67. The summed E-state index contributed by atoms with van der Waals surface area (Å²) in [7, 11) is 2.11. The van der Waals surface area contributed by atoms with Crippen molar-refractivity contribution in [3.63, 3.8) is 0 Å². The molecule has 0 spiro atoms. The van der Waals surface area contributed by atoms with Crippen LogP contribution < -0.4 is 5.32 Å². The third-order valence-corrected chi connectivity index (χ3v) is 4.86. The molecule has 4 bridgehead atoms. The summed E-state index contributed by atoms with van der Waals surface area (Å²) >= 11 is 0. The van der Waals surface area contributed by atoms with Crippen LogP contribution in [0.2, 0.25) is 0 Å². The number of carbonyl (C=O) groups is 1. The van der Waals surface area contributed by atoms with Gasteiger partial charge >= 0.3 is 0 Å². The molecule has 1 aliphatic rings. The van der Waals surface area contributed by atoms with Gasteiger partial charge in [0, 0.05) is 36.8 Å². The third-order valence-electron chi connectivity index (χ3n) is 4.86. The second kappa shape index (κ2) is 7.25. The number of Topliss-reactive ketones (excluding diaryl/α,β-unsaturated/α-hetero) is 1. The summed E-state index contributed by atoms with van der Waals surface area (Å²) in [6.07, 6.45) is 6.26. The molecule has 0 saturated carbocycles. The first-order valence-electron chi connectivity index (χ1n) is 9.11. The van der Waals surface area contributed by atoms with Gasteiger partial charge in [0.15, 0.2) is 11.4 Å². The van der Waals surface area contributed by atoms with Crippen molar-refractivity contribution in [2.75, 3.05) is 32.0 Å². The second-order valence-corrected chi connectivity index (χ2v) is 6.83. The van der Waals surface area contributed by atoms with E-state index >= 15 is 0 Å². The van der Waals surface area contributed by atoms with Crippen molar-refractivity contribution in [1.82, 2.24) is 19.5 Å². The molecule has 3 heterocycles. The summed E-state index contributed by atoms with van der Waals surface area (Å²) in [4.78, 5) is 19.6. The second-order valence-electron chi connectivity index (χ2n) is 6.83. The molecule has 6 nitrogen and oxygen atoms in total. The number of aromatic nitrogens is 3. The van der Waals surface area contributed by atoms with Crippen molar-refractivity contribution in [2.24, 2.45) is 0 Å². The van der Waals surface area contributed by atoms with E-state index in [4.69, 9.17) is 4.98 Å². The number of likely N-dealkylation sites (N-methyl/N-ethyl adjacent to an activating group) is 1. The number of carbonyl (C=O) groups excluding carboxylic acids is 1. The third kappa shape index (κ3) is 3.46. The summed E-state index contributed by atoms with van der Waals surface area (Å²) in [5.41, 5.74) is 3.46. The van der Waals surface area contributed by atoms with Crippen molar-refractivity contribution in [3.8, 4) is 11.1 Å². The quantitative estimate of drug-likeness (QED) is 0.676. The first kappa shape index (κ1) is 16.7. The number of hydrogen-bond donors (Lipinski definition) is 1. The van der Waals surface area contributed by atoms with Crippen LogP contribution in [0.3, 0.4) is 0 Å². The van der Waals surface area contributed by atoms with Crippen molar-refractivity contribution in [3.05, 3.63) is 48.3 Å². The van der Waals surface area contributed by atoms with Gasteiger partial charge in [-0.3, -0.25) is 4.79 Å². The molecule has 3 aromatic rings. The zero-order valence-corrected chi connectivity index (χ0v) is 15.0. The molecule has 2 aromatic heterocycles. The highest BCUT2D eigenvalue weighted by Gasteiger charge is 2.13. The maximum atomic E-state index is 12.5. The Morgan fingerprint density at radius 2 is 2.00 bits per heavy atom. The zero-order valence-electron chi connectivity index (χ0n) is 15.0. The lowest BCUT2D eigenvalue weighted by Gasteiger charge is -2.17. The van der Waals surface area contributed by atoms with E-state index in [2.05, 4.69) is 22.4 Å². The molecule has 6 heteroatoms. The number of ketones is 1. The van der Waals surface area contributed by atoms with Crippen LogP contribution in [0.25, 0.3) is 16.8 Å². The number of hydrogen-bond acceptors (Lipinski definition) is 5. The summed E-state index contributed by atoms with van der Waals surface area (Å²) in [5, 5.41) is 7.80. The van der Waals surface area contributed by atoms with Gasteiger partial charge in [-0.2, -0.15) is 5.10 Å². The first-order valence-corrected chi connectivity index (χ1v) is 9.11. The number of benzene rings is 1. The van der Waals surface area contributed by atoms with Gasteiger partial charge in [-0.15, -0.1) is 0 Å². The van der Waals surface area contributed by atoms with E-state index in [0.29, 0.717) is 6.42 Å². The number of nitrogens with one attached hydrogen (secondary N) is 1. The number of fused-ring (bicyclic) bond motifs is 4. The van der Waals surface area contributed by atoms with E-state index in [1.807, 2.05) is 42.7 Å². The van der Waals surface area contributed by atoms with Crippen molar-refractivity contribution < 1.29 is 4.79 Å². The van der Waals surface area contributed by atoms with Crippen LogP contribution in [0.15, 0.2) is 42.7 Å². The highest BCUT2D eigenvalue weighted by molar-refractivity contribution is 5.97. The Morgan fingerprint density at radius 3 is 2.92 bits per heavy atom. The maximum absolute atomic E-state index is 12.5. The number of nitrogens with zero attached hydrogens (tertiary/aromatic N) is 4. The number of anilines is 1. The molecule has 26 heavy (non-hydrogen) atoms. The van der Waals surface area contributed by atoms with E-state index < -0.39 is 0 Å². The normalized spacial score (nSPS) is 16.7. The van der Waals surface area contributed by atoms with Gasteiger partial charge in [0.2, 0.25) is 0 Å². The molecular formula is C20H23N5O. The summed E-state index contributed by atoms with van der Waals surface area (Å²) < 4.78 is 1.77. The largest absolute Gasteiger partial charge is 0.369 e. The number of rotatable bonds is 0. The lowest BCUT2D eigenvalue weighted by Crippen LogP contribution is -2.26. The fourth-order valence-corrected chi connectivity index (χ4v) is 3.33. The molecule has 1 aromatic carbocycles. The minimum Gasteiger partial charge on any atom is -0.369 e. The molecule has 0 fully saturated rings. The van der Waals surface area contributed by atoms with Gasteiger partial charge in [0.05, 0.1) is 6.20 Å². The van der Waals surface area contributed by atoms with E-state index in [9.17, 15) is 4.79 Å². The zero-order chi connectivity index (χ0) is 17.9. The summed E-state index contributed by atoms with van der Waals surface area (Å²) in [6.45, 7) is 2.76. The Morgan fingerprint density at radius 1 is 1.12 bits per heavy atom. The van der Waals surface area contributed by atoms with Gasteiger partial charge in [0.25, 0.3) is 0 Å². The summed E-state index contributed by atoms with van der Waals surface area (Å²) in [5.74, 6) is 1.04. The average molecular weight is 349 g/mol. The SMILES string of the molecule is CN1CCCCC(=O)c2cccc(c2)-c2cnn3ccc(nc23)NCC1. The Labute approximate surface area is 152 Å². The Balaban J connectivity index is 1.76. The van der Waals surface area contributed by atoms with Gasteiger partial charge in [-0.1, -0.05) is 18.2 Å². The van der Waals surface area contributed by atoms with Crippen molar-refractivity contribution in [1.29, 1.82) is 0 Å². The van der Waals surface area contributed by atoms with Crippen LogP contribution in [-0.4, -0.2) is 52.0 Å². The van der Waals surface area contributed by atoms with E-state index in [1.165, 1.54) is 0 Å². The van der Waals surface area contributed by atoms with Gasteiger partial charge in [0.1, 0.15) is 5.82 Å². The molecule has 0 amide bonds. The molecule has 1 aliphatic heterocycles. The fourth-order valence-electron chi connectivity index (χ4n) is 3.33. The van der Waals surface area contributed by atoms with Crippen LogP contribution in [0, 0.1) is 0 Å². The molecule has 0 saturated heterocycles. The predicted molar refractivity (Wildman–Crippen MR) is 103 cm³/mol. The molecule has 0 aliphatic carbocycles. The Hall–Kier alpha value is -2.73. The highest BCUT2D eigenvalue weighted by atomic mass is 16.1. The van der Waals surface area contributed by atoms with Gasteiger partial charge in [-0.05, 0) is 44.1 Å². The first-order chi connectivity index (χ1) is 12.7. The molecule has 134 valence electrons. The fraction of sp³-hybridized carbons (Fsp3) is 0.350. The molecule has 0 atom stereocenters. The van der Waals surface area contributed by atoms with Crippen molar-refractivity contribution in [2.45, 2.75) is 19.3 Å². The van der Waals surface area contributed by atoms with Crippen LogP contribution in [0.4, 0.5) is 5.82 Å². The molecule has 1 N–H and O–H groups in total. The molecule has 4 rings (SSSR count). The minimum atomic E-state index is 0.202. The summed E-state index contributed by atoms with van der Waals surface area (Å²) in [6, 6.07) is 9.73. The molecular weight excluding hydrogens is 326 g/mol. The lowest BCUT2D eigenvalue weighted by atomic mass is 10.0. The van der Waals surface area contributed by atoms with Crippen LogP contribution in [-0.2, 0) is 0 Å². The Bertz CT molecular complexity index is 933. The monoisotopic (exact) mass is 349 g/mol. The minimum absolute atomic E-state index is 0.202. The van der Waals surface area contributed by atoms with Crippen LogP contribution in [0.1, 0.15) is 29.6 Å². The van der Waals surface area contributed by atoms with E-state index in [-0.39, 0.29) is 5.78 Å². The van der Waals surface area contributed by atoms with E-state index in [1.54, 1.807) is 4.52 Å². The lowest BCUT2D eigenvalue weighted by molar-refractivity contribution is 0.0978. The van der Waals surface area contributed by atoms with E-state index in [0.717, 1.165) is 60.6 Å². The highest BCUT2D eigenvalue weighted by Crippen LogP contribution is 2.25. The standard InChI is InChI=1S/C20H23N5O/c1-24-10-3-2-7-18(26)16-6-4-5-15(13-16)17-14-22-25-11-8-19(21-9-12-24)23-20(17)25/h4-6,8,11,13-14H,2-3,7,9-10,12H2,1H3,(H,21,23). The van der Waals surface area contributed by atoms with Crippen molar-refractivity contribution >= 4 is 17.2 Å². The predicted octanol–water partition coefficient (Wildman–Crippen LogP) is 3.11. The van der Waals surface area contributed by atoms with Gasteiger partial charge in [-0.25, -0.2) is 9.50 Å².